The number of rotatable bonds is 3. The van der Waals surface area contributed by atoms with Gasteiger partial charge in [0.25, 0.3) is 0 Å². The van der Waals surface area contributed by atoms with Gasteiger partial charge in [-0.3, -0.25) is 0 Å². The number of nitrogens with zero attached hydrogens (tertiary/aromatic N) is 1. The number of nitrogen functional groups attached to an aromatic ring is 1. The first-order valence-electron chi connectivity index (χ1n) is 6.48. The van der Waals surface area contributed by atoms with Crippen LogP contribution in [0.25, 0.3) is 0 Å². The highest BCUT2D eigenvalue weighted by Crippen LogP contribution is 2.31. The van der Waals surface area contributed by atoms with Crippen LogP contribution in [0.1, 0.15) is 36.5 Å². The molecule has 0 unspecified atom stereocenters. The summed E-state index contributed by atoms with van der Waals surface area (Å²) in [5, 5.41) is 0. The van der Waals surface area contributed by atoms with E-state index in [4.69, 9.17) is 10.5 Å². The number of pyridine rings is 1. The Balaban J connectivity index is 2.36. The van der Waals surface area contributed by atoms with Gasteiger partial charge in [-0.1, -0.05) is 26.0 Å². The SMILES string of the molecule is Cc1ccc(C(C)C)c(Oc2cc(N)c(C)cn2)c1. The molecule has 19 heavy (non-hydrogen) atoms. The van der Waals surface area contributed by atoms with E-state index in [0.29, 0.717) is 17.5 Å². The average molecular weight is 256 g/mol. The lowest BCUT2D eigenvalue weighted by atomic mass is 10.0. The quantitative estimate of drug-likeness (QED) is 0.895. The largest absolute Gasteiger partial charge is 0.439 e. The van der Waals surface area contributed by atoms with Gasteiger partial charge >= 0.3 is 0 Å². The predicted octanol–water partition coefficient (Wildman–Crippen LogP) is 4.20. The topological polar surface area (TPSA) is 48.1 Å². The van der Waals surface area contributed by atoms with Gasteiger partial charge in [-0.2, -0.15) is 0 Å². The van der Waals surface area contributed by atoms with Crippen LogP contribution in [-0.4, -0.2) is 4.98 Å². The molecular formula is C16H20N2O. The molecule has 0 aliphatic heterocycles. The zero-order valence-corrected chi connectivity index (χ0v) is 11.9. The van der Waals surface area contributed by atoms with Crippen molar-refractivity contribution in [2.24, 2.45) is 0 Å². The van der Waals surface area contributed by atoms with E-state index in [0.717, 1.165) is 11.3 Å². The van der Waals surface area contributed by atoms with Crippen LogP contribution in [0.15, 0.2) is 30.5 Å². The monoisotopic (exact) mass is 256 g/mol. The van der Waals surface area contributed by atoms with Gasteiger partial charge in [-0.05, 0) is 42.5 Å². The molecule has 0 radical (unpaired) electrons. The molecule has 0 amide bonds. The van der Waals surface area contributed by atoms with E-state index < -0.39 is 0 Å². The first kappa shape index (κ1) is 13.4. The number of hydrogen-bond donors (Lipinski definition) is 1. The molecule has 0 bridgehead atoms. The molecule has 3 nitrogen and oxygen atoms in total. The summed E-state index contributed by atoms with van der Waals surface area (Å²) in [5.41, 5.74) is 9.88. The number of nitrogens with two attached hydrogens (primary N) is 1. The van der Waals surface area contributed by atoms with Gasteiger partial charge in [0.05, 0.1) is 0 Å². The molecule has 100 valence electrons. The highest BCUT2D eigenvalue weighted by Gasteiger charge is 2.10. The van der Waals surface area contributed by atoms with Gasteiger partial charge in [-0.25, -0.2) is 4.98 Å². The number of ether oxygens (including phenoxy) is 1. The third kappa shape index (κ3) is 3.05. The van der Waals surface area contributed by atoms with Crippen molar-refractivity contribution in [1.29, 1.82) is 0 Å². The number of benzene rings is 1. The summed E-state index contributed by atoms with van der Waals surface area (Å²) in [6.07, 6.45) is 1.73. The Morgan fingerprint density at radius 1 is 1.16 bits per heavy atom. The van der Waals surface area contributed by atoms with E-state index in [2.05, 4.69) is 31.0 Å². The molecule has 2 N–H and O–H groups in total. The van der Waals surface area contributed by atoms with Crippen LogP contribution < -0.4 is 10.5 Å². The average Bonchev–Trinajstić information content (AvgIpc) is 2.33. The molecule has 0 atom stereocenters. The van der Waals surface area contributed by atoms with Gasteiger partial charge in [0.1, 0.15) is 5.75 Å². The van der Waals surface area contributed by atoms with Crippen molar-refractivity contribution in [3.05, 3.63) is 47.2 Å². The summed E-state index contributed by atoms with van der Waals surface area (Å²) in [6.45, 7) is 8.27. The molecule has 0 saturated carbocycles. The fraction of sp³-hybridized carbons (Fsp3) is 0.312. The predicted molar refractivity (Wildman–Crippen MR) is 78.7 cm³/mol. The van der Waals surface area contributed by atoms with Gasteiger partial charge in [0.2, 0.25) is 5.88 Å². The van der Waals surface area contributed by atoms with Crippen LogP contribution in [0.2, 0.25) is 0 Å². The van der Waals surface area contributed by atoms with Gasteiger partial charge in [0.15, 0.2) is 0 Å². The summed E-state index contributed by atoms with van der Waals surface area (Å²) in [6, 6.07) is 8.00. The fourth-order valence-corrected chi connectivity index (χ4v) is 1.89. The maximum Gasteiger partial charge on any atom is 0.221 e. The standard InChI is InChI=1S/C16H20N2O/c1-10(2)13-6-5-11(3)7-15(13)19-16-8-14(17)12(4)9-18-16/h5-10H,1-4H3,(H2,17,18). The first-order chi connectivity index (χ1) is 8.97. The van der Waals surface area contributed by atoms with Crippen LogP contribution in [0, 0.1) is 13.8 Å². The summed E-state index contributed by atoms with van der Waals surface area (Å²) < 4.78 is 5.90. The van der Waals surface area contributed by atoms with Crippen molar-refractivity contribution in [2.75, 3.05) is 5.73 Å². The normalized spacial score (nSPS) is 10.8. The second-order valence-corrected chi connectivity index (χ2v) is 5.18. The second-order valence-electron chi connectivity index (χ2n) is 5.18. The van der Waals surface area contributed by atoms with E-state index in [9.17, 15) is 0 Å². The van der Waals surface area contributed by atoms with Crippen LogP contribution in [0.5, 0.6) is 11.6 Å². The maximum atomic E-state index is 5.90. The van der Waals surface area contributed by atoms with Crippen molar-refractivity contribution in [1.82, 2.24) is 4.98 Å². The smallest absolute Gasteiger partial charge is 0.221 e. The molecule has 0 aliphatic rings. The van der Waals surface area contributed by atoms with Crippen molar-refractivity contribution in [3.8, 4) is 11.6 Å². The Kier molecular flexibility index (Phi) is 3.74. The van der Waals surface area contributed by atoms with Crippen LogP contribution in [0.3, 0.4) is 0 Å². The summed E-state index contributed by atoms with van der Waals surface area (Å²) in [5.74, 6) is 1.79. The Hall–Kier alpha value is -2.03. The van der Waals surface area contributed by atoms with Gasteiger partial charge in [0, 0.05) is 18.0 Å². The number of hydrogen-bond acceptors (Lipinski definition) is 3. The Morgan fingerprint density at radius 2 is 1.89 bits per heavy atom. The van der Waals surface area contributed by atoms with Gasteiger partial charge in [-0.15, -0.1) is 0 Å². The molecule has 1 heterocycles. The number of anilines is 1. The molecule has 0 spiro atoms. The molecule has 2 aromatic rings. The highest BCUT2D eigenvalue weighted by molar-refractivity contribution is 5.49. The zero-order chi connectivity index (χ0) is 14.0. The van der Waals surface area contributed by atoms with Crippen molar-refractivity contribution in [3.63, 3.8) is 0 Å². The lowest BCUT2D eigenvalue weighted by molar-refractivity contribution is 0.454. The molecule has 0 aliphatic carbocycles. The first-order valence-corrected chi connectivity index (χ1v) is 6.48. The third-order valence-corrected chi connectivity index (χ3v) is 3.13. The molecule has 0 fully saturated rings. The molecule has 1 aromatic heterocycles. The van der Waals surface area contributed by atoms with Crippen molar-refractivity contribution >= 4 is 5.69 Å². The minimum absolute atomic E-state index is 0.401. The zero-order valence-electron chi connectivity index (χ0n) is 11.9. The van der Waals surface area contributed by atoms with Crippen molar-refractivity contribution in [2.45, 2.75) is 33.6 Å². The minimum atomic E-state index is 0.401. The minimum Gasteiger partial charge on any atom is -0.439 e. The van der Waals surface area contributed by atoms with Gasteiger partial charge < -0.3 is 10.5 Å². The van der Waals surface area contributed by atoms with E-state index in [-0.39, 0.29) is 0 Å². The maximum absolute atomic E-state index is 5.90. The summed E-state index contributed by atoms with van der Waals surface area (Å²) >= 11 is 0. The lowest BCUT2D eigenvalue weighted by Gasteiger charge is -2.14. The molecular weight excluding hydrogens is 236 g/mol. The Morgan fingerprint density at radius 3 is 2.53 bits per heavy atom. The molecule has 2 rings (SSSR count). The van der Waals surface area contributed by atoms with Crippen molar-refractivity contribution < 1.29 is 4.74 Å². The molecule has 0 saturated heterocycles. The second kappa shape index (κ2) is 5.31. The molecule has 1 aromatic carbocycles. The number of aromatic nitrogens is 1. The van der Waals surface area contributed by atoms with Crippen LogP contribution in [0.4, 0.5) is 5.69 Å². The third-order valence-electron chi connectivity index (χ3n) is 3.13. The van der Waals surface area contributed by atoms with E-state index in [1.165, 1.54) is 11.1 Å². The number of aryl methyl sites for hydroxylation is 2. The Bertz CT molecular complexity index is 591. The lowest BCUT2D eigenvalue weighted by Crippen LogP contribution is -1.98. The van der Waals surface area contributed by atoms with E-state index in [1.807, 2.05) is 19.9 Å². The summed E-state index contributed by atoms with van der Waals surface area (Å²) in [7, 11) is 0. The highest BCUT2D eigenvalue weighted by atomic mass is 16.5. The summed E-state index contributed by atoms with van der Waals surface area (Å²) in [4.78, 5) is 4.26. The van der Waals surface area contributed by atoms with Crippen LogP contribution in [-0.2, 0) is 0 Å². The van der Waals surface area contributed by atoms with E-state index in [1.54, 1.807) is 12.3 Å². The fourth-order valence-electron chi connectivity index (χ4n) is 1.89. The Labute approximate surface area is 114 Å². The van der Waals surface area contributed by atoms with Crippen LogP contribution >= 0.6 is 0 Å². The molecule has 3 heteroatoms. The van der Waals surface area contributed by atoms with E-state index >= 15 is 0 Å².